The molecule has 0 saturated heterocycles. The van der Waals surface area contributed by atoms with Gasteiger partial charge in [-0.1, -0.05) is 129 Å². The van der Waals surface area contributed by atoms with Gasteiger partial charge in [0.1, 0.15) is 11.5 Å². The van der Waals surface area contributed by atoms with Crippen LogP contribution in [0.25, 0.3) is 0 Å². The summed E-state index contributed by atoms with van der Waals surface area (Å²) >= 11 is 0. The van der Waals surface area contributed by atoms with Gasteiger partial charge in [0.05, 0.1) is 25.9 Å². The van der Waals surface area contributed by atoms with E-state index in [1.165, 1.54) is 103 Å². The summed E-state index contributed by atoms with van der Waals surface area (Å²) in [6, 6.07) is 5.32. The summed E-state index contributed by atoms with van der Waals surface area (Å²) in [7, 11) is 0. The van der Waals surface area contributed by atoms with Crippen LogP contribution >= 0.6 is 0 Å². The van der Waals surface area contributed by atoms with Crippen LogP contribution in [0.4, 0.5) is 0 Å². The highest BCUT2D eigenvalue weighted by Gasteiger charge is 2.12. The molecule has 0 aliphatic rings. The zero-order chi connectivity index (χ0) is 29.1. The Labute approximate surface area is 245 Å². The molecule has 0 aliphatic heterocycles. The van der Waals surface area contributed by atoms with Crippen LogP contribution in [0.3, 0.4) is 0 Å². The minimum atomic E-state index is -0.980. The summed E-state index contributed by atoms with van der Waals surface area (Å²) in [5, 5.41) is 21.3. The normalized spacial score (nSPS) is 11.9. The first-order valence-electron chi connectivity index (χ1n) is 16.6. The number of rotatable bonds is 28. The Balaban J connectivity index is 2.41. The van der Waals surface area contributed by atoms with Crippen LogP contribution in [0.1, 0.15) is 153 Å². The molecule has 1 aromatic rings. The highest BCUT2D eigenvalue weighted by molar-refractivity contribution is 5.95. The molecule has 1 amide bonds. The van der Waals surface area contributed by atoms with Crippen molar-refractivity contribution in [1.29, 1.82) is 0 Å². The van der Waals surface area contributed by atoms with E-state index < -0.39 is 12.7 Å². The van der Waals surface area contributed by atoms with Crippen LogP contribution in [0.15, 0.2) is 18.2 Å². The molecule has 1 atom stereocenters. The van der Waals surface area contributed by atoms with Crippen molar-refractivity contribution >= 4 is 5.91 Å². The molecule has 1 unspecified atom stereocenters. The van der Waals surface area contributed by atoms with E-state index in [1.807, 2.05) is 6.07 Å². The number of ether oxygens (including phenoxy) is 2. The van der Waals surface area contributed by atoms with E-state index >= 15 is 0 Å². The van der Waals surface area contributed by atoms with Gasteiger partial charge in [0, 0.05) is 18.2 Å². The molecule has 1 rings (SSSR count). The van der Waals surface area contributed by atoms with Gasteiger partial charge in [-0.25, -0.2) is 0 Å². The average molecular weight is 564 g/mol. The molecule has 0 saturated carbocycles. The SMILES string of the molecule is CCCCCCCCCCCCOc1cc(OCCCCCCCCCCCC)cc(C(=O)NCC(O)CO)c1. The molecule has 0 aliphatic carbocycles. The van der Waals surface area contributed by atoms with E-state index in [0.29, 0.717) is 30.3 Å². The summed E-state index contributed by atoms with van der Waals surface area (Å²) in [5.74, 6) is 0.939. The topological polar surface area (TPSA) is 88.0 Å². The maximum absolute atomic E-state index is 12.7. The molecule has 0 bridgehead atoms. The summed E-state index contributed by atoms with van der Waals surface area (Å²) in [5.41, 5.74) is 0.434. The first-order valence-corrected chi connectivity index (χ1v) is 16.6. The Morgan fingerprint density at radius 2 is 1.02 bits per heavy atom. The van der Waals surface area contributed by atoms with Gasteiger partial charge < -0.3 is 25.0 Å². The van der Waals surface area contributed by atoms with Crippen molar-refractivity contribution in [3.63, 3.8) is 0 Å². The second-order valence-corrected chi connectivity index (χ2v) is 11.3. The fourth-order valence-electron chi connectivity index (χ4n) is 4.81. The molecule has 0 spiro atoms. The number of aliphatic hydroxyl groups is 2. The first-order chi connectivity index (χ1) is 19.6. The lowest BCUT2D eigenvalue weighted by molar-refractivity contribution is 0.0801. The van der Waals surface area contributed by atoms with Gasteiger partial charge in [0.2, 0.25) is 0 Å². The largest absolute Gasteiger partial charge is 0.493 e. The van der Waals surface area contributed by atoms with Crippen LogP contribution in [0.5, 0.6) is 11.5 Å². The fraction of sp³-hybridized carbons (Fsp3) is 0.794. The summed E-state index contributed by atoms with van der Waals surface area (Å²) in [4.78, 5) is 12.7. The minimum absolute atomic E-state index is 0.00613. The fourth-order valence-corrected chi connectivity index (χ4v) is 4.81. The number of nitrogens with one attached hydrogen (secondary N) is 1. The maximum atomic E-state index is 12.7. The quantitative estimate of drug-likeness (QED) is 0.0891. The Hall–Kier alpha value is -1.79. The van der Waals surface area contributed by atoms with Crippen LogP contribution in [-0.2, 0) is 0 Å². The predicted molar refractivity (Wildman–Crippen MR) is 167 cm³/mol. The molecule has 40 heavy (non-hydrogen) atoms. The molecular formula is C34H61NO5. The molecule has 0 aromatic heterocycles. The lowest BCUT2D eigenvalue weighted by Gasteiger charge is -2.14. The van der Waals surface area contributed by atoms with E-state index in [9.17, 15) is 9.90 Å². The van der Waals surface area contributed by atoms with Crippen molar-refractivity contribution in [3.05, 3.63) is 23.8 Å². The van der Waals surface area contributed by atoms with Crippen molar-refractivity contribution in [2.45, 2.75) is 148 Å². The molecule has 232 valence electrons. The molecule has 0 fully saturated rings. The lowest BCUT2D eigenvalue weighted by Crippen LogP contribution is -2.33. The van der Waals surface area contributed by atoms with E-state index in [0.717, 1.165) is 25.7 Å². The Morgan fingerprint density at radius 1 is 0.650 bits per heavy atom. The van der Waals surface area contributed by atoms with Gasteiger partial charge in [0.25, 0.3) is 5.91 Å². The molecule has 1 aromatic carbocycles. The van der Waals surface area contributed by atoms with Crippen LogP contribution in [0.2, 0.25) is 0 Å². The van der Waals surface area contributed by atoms with Crippen molar-refractivity contribution in [3.8, 4) is 11.5 Å². The third-order valence-electron chi connectivity index (χ3n) is 7.38. The number of hydrogen-bond donors (Lipinski definition) is 3. The third kappa shape index (κ3) is 20.1. The first kappa shape index (κ1) is 36.2. The third-order valence-corrected chi connectivity index (χ3v) is 7.38. The molecule has 6 heteroatoms. The highest BCUT2D eigenvalue weighted by Crippen LogP contribution is 2.24. The number of unbranched alkanes of at least 4 members (excludes halogenated alkanes) is 18. The number of carbonyl (C=O) groups is 1. The van der Waals surface area contributed by atoms with Crippen molar-refractivity contribution in [1.82, 2.24) is 5.32 Å². The van der Waals surface area contributed by atoms with E-state index in [4.69, 9.17) is 14.6 Å². The van der Waals surface area contributed by atoms with Crippen LogP contribution < -0.4 is 14.8 Å². The van der Waals surface area contributed by atoms with Crippen molar-refractivity contribution < 1.29 is 24.5 Å². The van der Waals surface area contributed by atoms with Gasteiger partial charge in [-0.15, -0.1) is 0 Å². The van der Waals surface area contributed by atoms with Gasteiger partial charge in [-0.05, 0) is 25.0 Å². The van der Waals surface area contributed by atoms with Crippen molar-refractivity contribution in [2.75, 3.05) is 26.4 Å². The number of hydrogen-bond acceptors (Lipinski definition) is 5. The second kappa shape index (κ2) is 26.1. The summed E-state index contributed by atoms with van der Waals surface area (Å²) < 4.78 is 12.0. The number of amides is 1. The van der Waals surface area contributed by atoms with Gasteiger partial charge in [-0.3, -0.25) is 4.79 Å². The van der Waals surface area contributed by atoms with Gasteiger partial charge >= 0.3 is 0 Å². The maximum Gasteiger partial charge on any atom is 0.251 e. The smallest absolute Gasteiger partial charge is 0.251 e. The van der Waals surface area contributed by atoms with E-state index in [2.05, 4.69) is 19.2 Å². The van der Waals surface area contributed by atoms with Crippen LogP contribution in [-0.4, -0.2) is 48.6 Å². The minimum Gasteiger partial charge on any atom is -0.493 e. The van der Waals surface area contributed by atoms with E-state index in [1.54, 1.807) is 12.1 Å². The lowest BCUT2D eigenvalue weighted by atomic mass is 10.1. The molecule has 6 nitrogen and oxygen atoms in total. The Kier molecular flexibility index (Phi) is 23.7. The predicted octanol–water partition coefficient (Wildman–Crippen LogP) is 8.37. The number of aliphatic hydroxyl groups excluding tert-OH is 2. The second-order valence-electron chi connectivity index (χ2n) is 11.3. The number of carbonyl (C=O) groups excluding carboxylic acids is 1. The van der Waals surface area contributed by atoms with Gasteiger partial charge in [-0.2, -0.15) is 0 Å². The van der Waals surface area contributed by atoms with Crippen LogP contribution in [0, 0.1) is 0 Å². The van der Waals surface area contributed by atoms with Gasteiger partial charge in [0.15, 0.2) is 0 Å². The zero-order valence-electron chi connectivity index (χ0n) is 25.9. The zero-order valence-corrected chi connectivity index (χ0v) is 25.9. The number of benzene rings is 1. The monoisotopic (exact) mass is 563 g/mol. The molecule has 3 N–H and O–H groups in total. The molecular weight excluding hydrogens is 502 g/mol. The van der Waals surface area contributed by atoms with E-state index in [-0.39, 0.29) is 12.5 Å². The summed E-state index contributed by atoms with van der Waals surface area (Å²) in [6.07, 6.45) is 24.5. The van der Waals surface area contributed by atoms with Crippen molar-refractivity contribution in [2.24, 2.45) is 0 Å². The Morgan fingerprint density at radius 3 is 1.40 bits per heavy atom. The summed E-state index contributed by atoms with van der Waals surface area (Å²) in [6.45, 7) is 5.34. The molecule has 0 radical (unpaired) electrons. The standard InChI is InChI=1S/C34H61NO5/c1-3-5-7-9-11-13-15-17-19-21-23-39-32-25-30(34(38)35-28-31(37)29-36)26-33(27-32)40-24-22-20-18-16-14-12-10-8-6-4-2/h25-27,31,36-37H,3-24,28-29H2,1-2H3,(H,35,38). The Bertz CT molecular complexity index is 682. The highest BCUT2D eigenvalue weighted by atomic mass is 16.5. The average Bonchev–Trinajstić information content (AvgIpc) is 2.97. The molecule has 0 heterocycles.